The van der Waals surface area contributed by atoms with Gasteiger partial charge in [0.2, 0.25) is 11.8 Å². The zero-order chi connectivity index (χ0) is 30.5. The van der Waals surface area contributed by atoms with Crippen LogP contribution in [0.3, 0.4) is 0 Å². The van der Waals surface area contributed by atoms with Crippen LogP contribution in [0.15, 0.2) is 96.4 Å². The van der Waals surface area contributed by atoms with Crippen molar-refractivity contribution in [2.75, 3.05) is 24.3 Å². The second-order valence-electron chi connectivity index (χ2n) is 11.2. The van der Waals surface area contributed by atoms with Crippen molar-refractivity contribution >= 4 is 45.6 Å². The minimum Gasteiger partial charge on any atom is -0.378 e. The van der Waals surface area contributed by atoms with Gasteiger partial charge in [-0.05, 0) is 61.6 Å². The Morgan fingerprint density at radius 2 is 1.77 bits per heavy atom. The SMILES string of the molecule is CN(C)c1ccc(NC(=O)C(C2CC=CCC2)N(Cc2nc(-c3ccccc3)cs2)C(=O)Cn2nnc3ccccc32)cc1. The molecule has 3 aromatic carbocycles. The lowest BCUT2D eigenvalue weighted by Crippen LogP contribution is -2.52. The van der Waals surface area contributed by atoms with Crippen LogP contribution in [0.25, 0.3) is 22.3 Å². The molecule has 9 nitrogen and oxygen atoms in total. The number of para-hydroxylation sites is 1. The van der Waals surface area contributed by atoms with Gasteiger partial charge in [0, 0.05) is 36.4 Å². The number of hydrogen-bond donors (Lipinski definition) is 1. The van der Waals surface area contributed by atoms with Crippen molar-refractivity contribution in [2.24, 2.45) is 5.92 Å². The van der Waals surface area contributed by atoms with Gasteiger partial charge in [-0.1, -0.05) is 59.8 Å². The molecule has 6 rings (SSSR count). The van der Waals surface area contributed by atoms with Crippen molar-refractivity contribution in [2.45, 2.75) is 38.4 Å². The minimum atomic E-state index is -0.708. The van der Waals surface area contributed by atoms with Crippen LogP contribution in [-0.4, -0.2) is 56.8 Å². The molecule has 0 bridgehead atoms. The first-order valence-corrected chi connectivity index (χ1v) is 15.6. The fraction of sp³-hybridized carbons (Fsp3) is 0.265. The quantitative estimate of drug-likeness (QED) is 0.196. The van der Waals surface area contributed by atoms with Gasteiger partial charge in [-0.25, -0.2) is 9.67 Å². The molecule has 0 aliphatic heterocycles. The maximum Gasteiger partial charge on any atom is 0.247 e. The van der Waals surface area contributed by atoms with Gasteiger partial charge in [-0.15, -0.1) is 16.4 Å². The molecular weight excluding hydrogens is 570 g/mol. The Hall–Kier alpha value is -4.83. The molecule has 224 valence electrons. The summed E-state index contributed by atoms with van der Waals surface area (Å²) in [5, 5.41) is 14.4. The highest BCUT2D eigenvalue weighted by molar-refractivity contribution is 7.09. The van der Waals surface area contributed by atoms with Crippen LogP contribution in [-0.2, 0) is 22.7 Å². The number of thiazole rings is 1. The van der Waals surface area contributed by atoms with Gasteiger partial charge in [0.1, 0.15) is 23.1 Å². The highest BCUT2D eigenvalue weighted by Gasteiger charge is 2.37. The first-order valence-electron chi connectivity index (χ1n) is 14.8. The summed E-state index contributed by atoms with van der Waals surface area (Å²) in [5.41, 5.74) is 5.06. The molecule has 10 heteroatoms. The summed E-state index contributed by atoms with van der Waals surface area (Å²) in [6.45, 7) is 0.169. The maximum atomic E-state index is 14.3. The lowest BCUT2D eigenvalue weighted by molar-refractivity contribution is -0.142. The fourth-order valence-electron chi connectivity index (χ4n) is 5.64. The van der Waals surface area contributed by atoms with E-state index >= 15 is 0 Å². The second kappa shape index (κ2) is 13.2. The molecule has 5 aromatic rings. The number of aromatic nitrogens is 4. The molecular formula is C34H35N7O2S. The zero-order valence-electron chi connectivity index (χ0n) is 24.8. The number of nitrogens with zero attached hydrogens (tertiary/aromatic N) is 6. The summed E-state index contributed by atoms with van der Waals surface area (Å²) in [6.07, 6.45) is 6.63. The van der Waals surface area contributed by atoms with Gasteiger partial charge in [0.05, 0.1) is 17.8 Å². The molecule has 2 heterocycles. The summed E-state index contributed by atoms with van der Waals surface area (Å²) in [5.74, 6) is -0.472. The van der Waals surface area contributed by atoms with Gasteiger partial charge in [-0.3, -0.25) is 9.59 Å². The molecule has 2 aromatic heterocycles. The van der Waals surface area contributed by atoms with Crippen molar-refractivity contribution in [1.82, 2.24) is 24.9 Å². The van der Waals surface area contributed by atoms with E-state index in [1.165, 1.54) is 11.3 Å². The predicted octanol–water partition coefficient (Wildman–Crippen LogP) is 6.01. The van der Waals surface area contributed by atoms with Crippen LogP contribution in [0.4, 0.5) is 11.4 Å². The number of amides is 2. The van der Waals surface area contributed by atoms with E-state index in [0.717, 1.165) is 40.3 Å². The van der Waals surface area contributed by atoms with Gasteiger partial charge < -0.3 is 15.1 Å². The van der Waals surface area contributed by atoms with Crippen molar-refractivity contribution < 1.29 is 9.59 Å². The molecule has 2 unspecified atom stereocenters. The van der Waals surface area contributed by atoms with E-state index in [9.17, 15) is 9.59 Å². The molecule has 1 N–H and O–H groups in total. The zero-order valence-corrected chi connectivity index (χ0v) is 25.7. The van der Waals surface area contributed by atoms with Crippen LogP contribution >= 0.6 is 11.3 Å². The van der Waals surface area contributed by atoms with Gasteiger partial charge in [0.15, 0.2) is 0 Å². The monoisotopic (exact) mass is 605 g/mol. The van der Waals surface area contributed by atoms with E-state index in [4.69, 9.17) is 4.98 Å². The summed E-state index contributed by atoms with van der Waals surface area (Å²) in [7, 11) is 3.95. The van der Waals surface area contributed by atoms with E-state index in [1.54, 1.807) is 9.58 Å². The number of benzene rings is 3. The highest BCUT2D eigenvalue weighted by Crippen LogP contribution is 2.30. The van der Waals surface area contributed by atoms with E-state index in [1.807, 2.05) is 103 Å². The Balaban J connectivity index is 1.34. The number of allylic oxidation sites excluding steroid dienone is 2. The van der Waals surface area contributed by atoms with Crippen LogP contribution in [0.1, 0.15) is 24.3 Å². The Kier molecular flexibility index (Phi) is 8.79. The van der Waals surface area contributed by atoms with Crippen LogP contribution in [0, 0.1) is 5.92 Å². The van der Waals surface area contributed by atoms with Crippen molar-refractivity contribution in [3.05, 3.63) is 101 Å². The van der Waals surface area contributed by atoms with Crippen molar-refractivity contribution in [1.29, 1.82) is 0 Å². The number of carbonyl (C=O) groups is 2. The third-order valence-corrected chi connectivity index (χ3v) is 8.80. The first kappa shape index (κ1) is 29.3. The highest BCUT2D eigenvalue weighted by atomic mass is 32.1. The number of nitrogens with one attached hydrogen (secondary N) is 1. The Morgan fingerprint density at radius 3 is 2.52 bits per heavy atom. The standard InChI is InChI=1S/C34H35N7O2S/c1-39(2)27-19-17-26(18-20-27)35-34(43)33(25-13-7-4-8-14-25)40(21-31-36-29(23-44-31)24-11-5-3-6-12-24)32(42)22-41-30-16-10-9-15-28(30)37-38-41/h3-7,9-12,15-20,23,25,33H,8,13-14,21-22H2,1-2H3,(H,35,43). The van der Waals surface area contributed by atoms with E-state index < -0.39 is 6.04 Å². The lowest BCUT2D eigenvalue weighted by atomic mass is 9.86. The fourth-order valence-corrected chi connectivity index (χ4v) is 6.44. The maximum absolute atomic E-state index is 14.3. The predicted molar refractivity (Wildman–Crippen MR) is 175 cm³/mol. The van der Waals surface area contributed by atoms with Crippen LogP contribution in [0.2, 0.25) is 0 Å². The molecule has 1 aliphatic rings. The third kappa shape index (κ3) is 6.55. The summed E-state index contributed by atoms with van der Waals surface area (Å²) in [4.78, 5) is 37.1. The van der Waals surface area contributed by atoms with Gasteiger partial charge >= 0.3 is 0 Å². The number of rotatable bonds is 10. The van der Waals surface area contributed by atoms with Crippen LogP contribution < -0.4 is 10.2 Å². The smallest absolute Gasteiger partial charge is 0.247 e. The average molecular weight is 606 g/mol. The third-order valence-electron chi connectivity index (χ3n) is 7.96. The first-order chi connectivity index (χ1) is 21.5. The van der Waals surface area contributed by atoms with Crippen LogP contribution in [0.5, 0.6) is 0 Å². The summed E-state index contributed by atoms with van der Waals surface area (Å²) in [6, 6.07) is 24.5. The van der Waals surface area contributed by atoms with E-state index in [2.05, 4.69) is 27.8 Å². The number of anilines is 2. The van der Waals surface area contributed by atoms with Gasteiger partial charge in [-0.2, -0.15) is 0 Å². The molecule has 0 fully saturated rings. The second-order valence-corrected chi connectivity index (χ2v) is 12.1. The topological polar surface area (TPSA) is 96.2 Å². The van der Waals surface area contributed by atoms with E-state index in [0.29, 0.717) is 17.6 Å². The summed E-state index contributed by atoms with van der Waals surface area (Å²) < 4.78 is 1.61. The molecule has 2 amide bonds. The molecule has 2 atom stereocenters. The molecule has 0 spiro atoms. The Morgan fingerprint density at radius 1 is 1.00 bits per heavy atom. The van der Waals surface area contributed by atoms with E-state index in [-0.39, 0.29) is 30.8 Å². The van der Waals surface area contributed by atoms with Crippen molar-refractivity contribution in [3.8, 4) is 11.3 Å². The molecule has 1 aliphatic carbocycles. The molecule has 44 heavy (non-hydrogen) atoms. The average Bonchev–Trinajstić information content (AvgIpc) is 3.69. The summed E-state index contributed by atoms with van der Waals surface area (Å²) >= 11 is 1.49. The largest absolute Gasteiger partial charge is 0.378 e. The lowest BCUT2D eigenvalue weighted by Gasteiger charge is -2.36. The number of fused-ring (bicyclic) bond motifs is 1. The molecule has 0 saturated heterocycles. The Bertz CT molecular complexity index is 1760. The normalized spacial score (nSPS) is 15.2. The molecule has 0 radical (unpaired) electrons. The van der Waals surface area contributed by atoms with Crippen molar-refractivity contribution in [3.63, 3.8) is 0 Å². The molecule has 0 saturated carbocycles. The minimum absolute atomic E-state index is 0.0404. The number of hydrogen-bond acceptors (Lipinski definition) is 7. The Labute approximate surface area is 260 Å². The number of carbonyl (C=O) groups excluding carboxylic acids is 2. The van der Waals surface area contributed by atoms with Gasteiger partial charge in [0.25, 0.3) is 0 Å².